The van der Waals surface area contributed by atoms with E-state index in [1.165, 1.54) is 6.42 Å². The highest BCUT2D eigenvalue weighted by molar-refractivity contribution is 9.10. The van der Waals surface area contributed by atoms with Crippen molar-refractivity contribution in [2.75, 3.05) is 45.7 Å². The van der Waals surface area contributed by atoms with E-state index in [1.807, 2.05) is 37.0 Å². The number of anilines is 1. The molecule has 1 aromatic heterocycles. The number of halogens is 3. The van der Waals surface area contributed by atoms with Gasteiger partial charge >= 0.3 is 0 Å². The second-order valence-electron chi connectivity index (χ2n) is 6.05. The Kier molecular flexibility index (Phi) is 10.9. The van der Waals surface area contributed by atoms with Gasteiger partial charge in [-0.2, -0.15) is 0 Å². The summed E-state index contributed by atoms with van der Waals surface area (Å²) in [5.41, 5.74) is 0.674. The van der Waals surface area contributed by atoms with Gasteiger partial charge in [-0.05, 0) is 60.8 Å². The van der Waals surface area contributed by atoms with Crippen LogP contribution in [-0.4, -0.2) is 56.6 Å². The van der Waals surface area contributed by atoms with Crippen molar-refractivity contribution in [2.24, 2.45) is 5.92 Å². The molecule has 0 aromatic carbocycles. The van der Waals surface area contributed by atoms with Crippen molar-refractivity contribution in [3.05, 3.63) is 22.3 Å². The van der Waals surface area contributed by atoms with E-state index < -0.39 is 0 Å². The van der Waals surface area contributed by atoms with E-state index >= 15 is 0 Å². The van der Waals surface area contributed by atoms with Crippen molar-refractivity contribution in [1.29, 1.82) is 0 Å². The Balaban J connectivity index is 0.00000264. The van der Waals surface area contributed by atoms with Gasteiger partial charge < -0.3 is 15.1 Å². The normalized spacial score (nSPS) is 14.6. The summed E-state index contributed by atoms with van der Waals surface area (Å²) in [5, 5.41) is 3.20. The average molecular weight is 442 g/mol. The van der Waals surface area contributed by atoms with Gasteiger partial charge in [-0.15, -0.1) is 24.8 Å². The molecule has 138 valence electrons. The molecular formula is C16H27BrCl2N4O. The molecule has 0 aliphatic carbocycles. The Hall–Kier alpha value is -0.560. The zero-order valence-electron chi connectivity index (χ0n) is 14.4. The molecule has 0 bridgehead atoms. The first kappa shape index (κ1) is 23.4. The van der Waals surface area contributed by atoms with Crippen LogP contribution in [0.15, 0.2) is 16.7 Å². The fourth-order valence-corrected chi connectivity index (χ4v) is 3.22. The maximum absolute atomic E-state index is 12.8. The summed E-state index contributed by atoms with van der Waals surface area (Å²) < 4.78 is 0.838. The van der Waals surface area contributed by atoms with Gasteiger partial charge in [0.05, 0.1) is 5.56 Å². The molecule has 1 aromatic rings. The van der Waals surface area contributed by atoms with Gasteiger partial charge in [0.1, 0.15) is 5.82 Å². The minimum absolute atomic E-state index is 0. The molecule has 0 unspecified atom stereocenters. The molecular weight excluding hydrogens is 415 g/mol. The van der Waals surface area contributed by atoms with Gasteiger partial charge in [-0.25, -0.2) is 4.98 Å². The van der Waals surface area contributed by atoms with Gasteiger partial charge in [-0.1, -0.05) is 0 Å². The third kappa shape index (κ3) is 6.06. The molecule has 8 heteroatoms. The Bertz CT molecular complexity index is 523. The molecule has 1 fully saturated rings. The summed E-state index contributed by atoms with van der Waals surface area (Å²) in [6, 6.07) is 1.87. The van der Waals surface area contributed by atoms with E-state index in [-0.39, 0.29) is 30.7 Å². The first-order chi connectivity index (χ1) is 10.5. The fourth-order valence-electron chi connectivity index (χ4n) is 2.89. The van der Waals surface area contributed by atoms with Crippen LogP contribution >= 0.6 is 40.7 Å². The third-order valence-electron chi connectivity index (χ3n) is 4.19. The number of piperidine rings is 1. The molecule has 1 N–H and O–H groups in total. The molecule has 1 aliphatic heterocycles. The Morgan fingerprint density at radius 3 is 2.54 bits per heavy atom. The van der Waals surface area contributed by atoms with Crippen LogP contribution in [0.3, 0.4) is 0 Å². The number of amides is 1. The lowest BCUT2D eigenvalue weighted by Gasteiger charge is -2.32. The maximum Gasteiger partial charge on any atom is 0.257 e. The topological polar surface area (TPSA) is 48.5 Å². The van der Waals surface area contributed by atoms with Gasteiger partial charge in [0.2, 0.25) is 0 Å². The van der Waals surface area contributed by atoms with Gasteiger partial charge in [-0.3, -0.25) is 4.79 Å². The van der Waals surface area contributed by atoms with Crippen molar-refractivity contribution in [3.8, 4) is 0 Å². The molecule has 24 heavy (non-hydrogen) atoms. The molecule has 1 saturated heterocycles. The summed E-state index contributed by atoms with van der Waals surface area (Å²) in [6.07, 6.45) is 5.11. The maximum atomic E-state index is 12.8. The van der Waals surface area contributed by atoms with Crippen LogP contribution in [0, 0.1) is 5.92 Å². The van der Waals surface area contributed by atoms with Crippen molar-refractivity contribution < 1.29 is 4.79 Å². The van der Waals surface area contributed by atoms with Crippen molar-refractivity contribution in [2.45, 2.75) is 19.3 Å². The highest BCUT2D eigenvalue weighted by Gasteiger charge is 2.26. The number of nitrogens with one attached hydrogen (secondary N) is 1. The predicted molar refractivity (Wildman–Crippen MR) is 108 cm³/mol. The van der Waals surface area contributed by atoms with E-state index in [1.54, 1.807) is 6.20 Å². The van der Waals surface area contributed by atoms with E-state index in [0.717, 1.165) is 48.7 Å². The van der Waals surface area contributed by atoms with E-state index in [9.17, 15) is 4.79 Å². The highest BCUT2D eigenvalue weighted by Crippen LogP contribution is 2.25. The summed E-state index contributed by atoms with van der Waals surface area (Å²) in [7, 11) is 5.82. The smallest absolute Gasteiger partial charge is 0.257 e. The van der Waals surface area contributed by atoms with Crippen LogP contribution in [0.1, 0.15) is 29.6 Å². The largest absolute Gasteiger partial charge is 0.362 e. The van der Waals surface area contributed by atoms with Crippen LogP contribution in [-0.2, 0) is 0 Å². The lowest BCUT2D eigenvalue weighted by molar-refractivity contribution is 0.0687. The number of aromatic nitrogens is 1. The fraction of sp³-hybridized carbons (Fsp3) is 0.625. The summed E-state index contributed by atoms with van der Waals surface area (Å²) >= 11 is 3.42. The number of pyridine rings is 1. The minimum Gasteiger partial charge on any atom is -0.362 e. The molecule has 0 radical (unpaired) electrons. The quantitative estimate of drug-likeness (QED) is 0.761. The molecule has 2 rings (SSSR count). The summed E-state index contributed by atoms with van der Waals surface area (Å²) in [5.74, 6) is 1.54. The van der Waals surface area contributed by atoms with Crippen LogP contribution in [0.4, 0.5) is 5.82 Å². The number of carbonyl (C=O) groups is 1. The number of nitrogens with zero attached hydrogens (tertiary/aromatic N) is 3. The lowest BCUT2D eigenvalue weighted by atomic mass is 9.93. The van der Waals surface area contributed by atoms with Gasteiger partial charge in [0.15, 0.2) is 0 Å². The number of hydrogen-bond acceptors (Lipinski definition) is 4. The number of hydrogen-bond donors (Lipinski definition) is 1. The highest BCUT2D eigenvalue weighted by atomic mass is 79.9. The Labute approximate surface area is 165 Å². The monoisotopic (exact) mass is 440 g/mol. The summed E-state index contributed by atoms with van der Waals surface area (Å²) in [6.45, 7) is 2.73. The average Bonchev–Trinajstić information content (AvgIpc) is 2.52. The van der Waals surface area contributed by atoms with E-state index in [4.69, 9.17) is 0 Å². The zero-order valence-corrected chi connectivity index (χ0v) is 17.6. The Morgan fingerprint density at radius 1 is 1.38 bits per heavy atom. The van der Waals surface area contributed by atoms with Crippen molar-refractivity contribution >= 4 is 52.5 Å². The number of rotatable bonds is 5. The van der Waals surface area contributed by atoms with Gasteiger partial charge in [0, 0.05) is 37.9 Å². The second kappa shape index (κ2) is 11.1. The zero-order chi connectivity index (χ0) is 16.1. The predicted octanol–water partition coefficient (Wildman–Crippen LogP) is 3.22. The van der Waals surface area contributed by atoms with E-state index in [0.29, 0.717) is 5.56 Å². The van der Waals surface area contributed by atoms with Gasteiger partial charge in [0.25, 0.3) is 5.91 Å². The molecule has 2 heterocycles. The number of likely N-dealkylation sites (tertiary alicyclic amines) is 1. The Morgan fingerprint density at radius 2 is 2.00 bits per heavy atom. The molecule has 1 aliphatic rings. The van der Waals surface area contributed by atoms with Crippen LogP contribution in [0.2, 0.25) is 0 Å². The summed E-state index contributed by atoms with van der Waals surface area (Å²) in [4.78, 5) is 21.0. The van der Waals surface area contributed by atoms with Crippen molar-refractivity contribution in [1.82, 2.24) is 15.2 Å². The number of carbonyl (C=O) groups excluding carboxylic acids is 1. The molecule has 0 atom stereocenters. The van der Waals surface area contributed by atoms with Crippen LogP contribution in [0.5, 0.6) is 0 Å². The standard InChI is InChI=1S/C16H25BrN4O.2ClH/c1-18-7-4-12-5-8-21(9-6-12)16(22)14-10-13(17)11-19-15(14)20(2)3;;/h10-12,18H,4-9H2,1-3H3;2*1H. The van der Waals surface area contributed by atoms with Crippen molar-refractivity contribution in [3.63, 3.8) is 0 Å². The lowest BCUT2D eigenvalue weighted by Crippen LogP contribution is -2.39. The first-order valence-electron chi connectivity index (χ1n) is 7.79. The third-order valence-corrected chi connectivity index (χ3v) is 4.63. The molecule has 5 nitrogen and oxygen atoms in total. The molecule has 1 amide bonds. The van der Waals surface area contributed by atoms with Crippen LogP contribution < -0.4 is 10.2 Å². The SMILES string of the molecule is CNCCC1CCN(C(=O)c2cc(Br)cnc2N(C)C)CC1.Cl.Cl. The second-order valence-corrected chi connectivity index (χ2v) is 6.96. The van der Waals surface area contributed by atoms with E-state index in [2.05, 4.69) is 26.2 Å². The first-order valence-corrected chi connectivity index (χ1v) is 8.59. The molecule has 0 spiro atoms. The molecule has 0 saturated carbocycles. The minimum atomic E-state index is 0. The van der Waals surface area contributed by atoms with Crippen LogP contribution in [0.25, 0.3) is 0 Å².